The van der Waals surface area contributed by atoms with Gasteiger partial charge in [0.25, 0.3) is 0 Å². The highest BCUT2D eigenvalue weighted by Gasteiger charge is 2.13. The topological polar surface area (TPSA) is 91.8 Å². The molecule has 3 rings (SSSR count). The second-order valence-corrected chi connectivity index (χ2v) is 4.62. The van der Waals surface area contributed by atoms with Crippen LogP contribution >= 0.6 is 11.6 Å². The van der Waals surface area contributed by atoms with Gasteiger partial charge < -0.3 is 9.26 Å². The lowest BCUT2D eigenvalue weighted by atomic mass is 10.4. The van der Waals surface area contributed by atoms with E-state index in [-0.39, 0.29) is 0 Å². The minimum absolute atomic E-state index is 0.342. The van der Waals surface area contributed by atoms with E-state index in [1.54, 1.807) is 23.0 Å². The van der Waals surface area contributed by atoms with Crippen molar-refractivity contribution in [2.45, 2.75) is 13.5 Å². The second kappa shape index (κ2) is 5.49. The Labute approximate surface area is 124 Å². The summed E-state index contributed by atoms with van der Waals surface area (Å²) in [5.41, 5.74) is 1.33. The van der Waals surface area contributed by atoms with Gasteiger partial charge in [0, 0.05) is 6.07 Å². The highest BCUT2D eigenvalue weighted by molar-refractivity contribution is 6.31. The van der Waals surface area contributed by atoms with Crippen molar-refractivity contribution >= 4 is 11.6 Å². The fourth-order valence-corrected chi connectivity index (χ4v) is 1.82. The third kappa shape index (κ3) is 2.70. The van der Waals surface area contributed by atoms with Crippen molar-refractivity contribution in [2.75, 3.05) is 7.11 Å². The van der Waals surface area contributed by atoms with Crippen LogP contribution in [-0.2, 0) is 6.54 Å². The summed E-state index contributed by atoms with van der Waals surface area (Å²) in [7, 11) is 1.52. The maximum atomic E-state index is 5.95. The lowest BCUT2D eigenvalue weighted by Crippen LogP contribution is -2.03. The highest BCUT2D eigenvalue weighted by Crippen LogP contribution is 2.17. The molecule has 0 saturated heterocycles. The Morgan fingerprint density at radius 2 is 2.19 bits per heavy atom. The van der Waals surface area contributed by atoms with E-state index in [1.165, 1.54) is 7.11 Å². The molecule has 0 spiro atoms. The fourth-order valence-electron chi connectivity index (χ4n) is 1.68. The summed E-state index contributed by atoms with van der Waals surface area (Å²) in [5, 5.41) is 16.4. The first-order chi connectivity index (χ1) is 10.2. The quantitative estimate of drug-likeness (QED) is 0.725. The third-order valence-electron chi connectivity index (χ3n) is 2.87. The van der Waals surface area contributed by atoms with E-state index in [4.69, 9.17) is 20.9 Å². The zero-order valence-corrected chi connectivity index (χ0v) is 12.1. The molecule has 3 heterocycles. The van der Waals surface area contributed by atoms with Crippen molar-refractivity contribution in [2.24, 2.45) is 0 Å². The second-order valence-electron chi connectivity index (χ2n) is 4.21. The van der Waals surface area contributed by atoms with E-state index < -0.39 is 0 Å². The normalized spacial score (nSPS) is 10.8. The van der Waals surface area contributed by atoms with E-state index >= 15 is 0 Å². The molecule has 3 aromatic rings. The van der Waals surface area contributed by atoms with Gasteiger partial charge in [0.05, 0.1) is 24.0 Å². The maximum Gasteiger partial charge on any atom is 0.248 e. The van der Waals surface area contributed by atoms with Crippen LogP contribution in [0.4, 0.5) is 0 Å². The Hall–Kier alpha value is -2.48. The van der Waals surface area contributed by atoms with Gasteiger partial charge in [-0.3, -0.25) is 4.68 Å². The Morgan fingerprint density at radius 1 is 1.33 bits per heavy atom. The van der Waals surface area contributed by atoms with Crippen molar-refractivity contribution in [3.63, 3.8) is 0 Å². The van der Waals surface area contributed by atoms with Crippen molar-refractivity contribution < 1.29 is 9.26 Å². The van der Waals surface area contributed by atoms with Gasteiger partial charge in [0.15, 0.2) is 0 Å². The number of halogens is 1. The molecule has 0 aliphatic rings. The van der Waals surface area contributed by atoms with Crippen LogP contribution in [0.15, 0.2) is 22.9 Å². The number of nitrogens with zero attached hydrogens (tertiary/aromatic N) is 6. The van der Waals surface area contributed by atoms with Gasteiger partial charge in [-0.15, -0.1) is 10.2 Å². The van der Waals surface area contributed by atoms with Crippen LogP contribution in [0.3, 0.4) is 0 Å². The largest absolute Gasteiger partial charge is 0.480 e. The summed E-state index contributed by atoms with van der Waals surface area (Å²) < 4.78 is 11.8. The van der Waals surface area contributed by atoms with E-state index in [9.17, 15) is 0 Å². The summed E-state index contributed by atoms with van der Waals surface area (Å²) >= 11 is 5.95. The van der Waals surface area contributed by atoms with E-state index in [0.717, 1.165) is 5.69 Å². The zero-order chi connectivity index (χ0) is 14.8. The van der Waals surface area contributed by atoms with Crippen molar-refractivity contribution in [3.05, 3.63) is 34.9 Å². The Kier molecular flexibility index (Phi) is 3.53. The van der Waals surface area contributed by atoms with Crippen LogP contribution in [0, 0.1) is 6.92 Å². The molecule has 108 valence electrons. The monoisotopic (exact) mass is 306 g/mol. The van der Waals surface area contributed by atoms with Crippen LogP contribution in [0.2, 0.25) is 5.02 Å². The van der Waals surface area contributed by atoms with Gasteiger partial charge in [-0.25, -0.2) is 0 Å². The molecule has 9 heteroatoms. The molecule has 0 aromatic carbocycles. The Balaban J connectivity index is 1.81. The van der Waals surface area contributed by atoms with E-state index in [0.29, 0.717) is 34.9 Å². The molecule has 0 bridgehead atoms. The van der Waals surface area contributed by atoms with Gasteiger partial charge in [-0.1, -0.05) is 16.8 Å². The van der Waals surface area contributed by atoms with Crippen LogP contribution in [0.25, 0.3) is 11.5 Å². The van der Waals surface area contributed by atoms with Crippen molar-refractivity contribution in [1.82, 2.24) is 30.1 Å². The zero-order valence-electron chi connectivity index (χ0n) is 11.3. The number of ether oxygens (including phenoxy) is 1. The number of aromatic nitrogens is 6. The van der Waals surface area contributed by atoms with Crippen LogP contribution in [-0.4, -0.2) is 37.2 Å². The number of hydrogen-bond acceptors (Lipinski definition) is 7. The standard InChI is InChI=1S/C12H11ClN6O2/c1-7-8(13)5-14-19(7)6-11-15-12(18-21-11)9-3-4-10(20-2)17-16-9/h3-5H,6H2,1-2H3. The fraction of sp³-hybridized carbons (Fsp3) is 0.250. The molecule has 3 aromatic heterocycles. The van der Waals surface area contributed by atoms with Crippen LogP contribution in [0.1, 0.15) is 11.6 Å². The van der Waals surface area contributed by atoms with E-state index in [2.05, 4.69) is 25.4 Å². The minimum Gasteiger partial charge on any atom is -0.480 e. The molecule has 8 nitrogen and oxygen atoms in total. The predicted octanol–water partition coefficient (Wildman–Crippen LogP) is 1.74. The summed E-state index contributed by atoms with van der Waals surface area (Å²) in [6, 6.07) is 3.38. The molecule has 0 radical (unpaired) electrons. The first-order valence-electron chi connectivity index (χ1n) is 6.06. The molecule has 0 saturated carbocycles. The molecule has 0 unspecified atom stereocenters. The molecule has 0 fully saturated rings. The average Bonchev–Trinajstić information content (AvgIpc) is 3.10. The maximum absolute atomic E-state index is 5.95. The Bertz CT molecular complexity index is 751. The lowest BCUT2D eigenvalue weighted by molar-refractivity contribution is 0.364. The summed E-state index contributed by atoms with van der Waals surface area (Å²) in [4.78, 5) is 4.26. The van der Waals surface area contributed by atoms with E-state index in [1.807, 2.05) is 6.92 Å². The van der Waals surface area contributed by atoms with Gasteiger partial charge in [0.1, 0.15) is 12.2 Å². The molecule has 0 amide bonds. The first-order valence-corrected chi connectivity index (χ1v) is 6.43. The predicted molar refractivity (Wildman–Crippen MR) is 73.0 cm³/mol. The van der Waals surface area contributed by atoms with Crippen LogP contribution in [0.5, 0.6) is 5.88 Å². The Morgan fingerprint density at radius 3 is 2.81 bits per heavy atom. The molecule has 21 heavy (non-hydrogen) atoms. The molecule has 0 N–H and O–H groups in total. The SMILES string of the molecule is COc1ccc(-c2noc(Cn3ncc(Cl)c3C)n2)nn1. The van der Waals surface area contributed by atoms with Gasteiger partial charge >= 0.3 is 0 Å². The van der Waals surface area contributed by atoms with Gasteiger partial charge in [-0.2, -0.15) is 10.1 Å². The molecular weight excluding hydrogens is 296 g/mol. The molecule has 0 atom stereocenters. The smallest absolute Gasteiger partial charge is 0.248 e. The molecule has 0 aliphatic carbocycles. The number of rotatable bonds is 4. The molecule has 0 aliphatic heterocycles. The minimum atomic E-state index is 0.342. The number of methoxy groups -OCH3 is 1. The van der Waals surface area contributed by atoms with Gasteiger partial charge in [0.2, 0.25) is 17.6 Å². The average molecular weight is 307 g/mol. The highest BCUT2D eigenvalue weighted by atomic mass is 35.5. The number of hydrogen-bond donors (Lipinski definition) is 0. The third-order valence-corrected chi connectivity index (χ3v) is 3.25. The van der Waals surface area contributed by atoms with Gasteiger partial charge in [-0.05, 0) is 13.0 Å². The first kappa shape index (κ1) is 13.5. The van der Waals surface area contributed by atoms with Crippen LogP contribution < -0.4 is 4.74 Å². The summed E-state index contributed by atoms with van der Waals surface area (Å²) in [6.45, 7) is 2.21. The lowest BCUT2D eigenvalue weighted by Gasteiger charge is -1.99. The summed E-state index contributed by atoms with van der Waals surface area (Å²) in [6.07, 6.45) is 1.57. The van der Waals surface area contributed by atoms with Crippen molar-refractivity contribution in [3.8, 4) is 17.4 Å². The summed E-state index contributed by atoms with van der Waals surface area (Å²) in [5.74, 6) is 1.19. The molecular formula is C12H11ClN6O2. The van der Waals surface area contributed by atoms with Crippen molar-refractivity contribution in [1.29, 1.82) is 0 Å².